The van der Waals surface area contributed by atoms with Crippen LogP contribution < -0.4 is 0 Å². The highest BCUT2D eigenvalue weighted by molar-refractivity contribution is 5.94. The van der Waals surface area contributed by atoms with Gasteiger partial charge in [0.05, 0.1) is 5.71 Å². The van der Waals surface area contributed by atoms with E-state index in [1.54, 1.807) is 17.0 Å². The van der Waals surface area contributed by atoms with Gasteiger partial charge in [0, 0.05) is 44.9 Å². The number of carbonyl (C=O) groups is 2. The van der Waals surface area contributed by atoms with Crippen LogP contribution in [0, 0.1) is 11.7 Å². The average molecular weight is 387 g/mol. The van der Waals surface area contributed by atoms with E-state index in [9.17, 15) is 14.0 Å². The molecule has 0 saturated carbocycles. The lowest BCUT2D eigenvalue weighted by Crippen LogP contribution is -2.47. The van der Waals surface area contributed by atoms with Crippen LogP contribution in [0.4, 0.5) is 4.39 Å². The van der Waals surface area contributed by atoms with Gasteiger partial charge in [0.1, 0.15) is 5.82 Å². The van der Waals surface area contributed by atoms with Crippen molar-refractivity contribution in [1.29, 1.82) is 0 Å². The maximum Gasteiger partial charge on any atom is 0.266 e. The fourth-order valence-corrected chi connectivity index (χ4v) is 4.25. The fraction of sp³-hybridized carbons (Fsp3) is 0.571. The normalized spacial score (nSPS) is 22.9. The summed E-state index contributed by atoms with van der Waals surface area (Å²) in [6.07, 6.45) is 4.07. The lowest BCUT2D eigenvalue weighted by molar-refractivity contribution is -0.146. The van der Waals surface area contributed by atoms with E-state index < -0.39 is 6.10 Å². The van der Waals surface area contributed by atoms with Crippen molar-refractivity contribution < 1.29 is 18.8 Å². The Kier molecular flexibility index (Phi) is 5.59. The van der Waals surface area contributed by atoms with Gasteiger partial charge >= 0.3 is 0 Å². The Morgan fingerprint density at radius 2 is 1.64 bits per heavy atom. The van der Waals surface area contributed by atoms with Crippen molar-refractivity contribution in [3.8, 4) is 0 Å². The number of halogens is 1. The molecule has 1 aromatic carbocycles. The summed E-state index contributed by atoms with van der Waals surface area (Å²) in [4.78, 5) is 34.4. The van der Waals surface area contributed by atoms with Crippen LogP contribution in [0.2, 0.25) is 0 Å². The first-order chi connectivity index (χ1) is 13.6. The van der Waals surface area contributed by atoms with Gasteiger partial charge in [-0.1, -0.05) is 17.3 Å². The van der Waals surface area contributed by atoms with E-state index in [1.165, 1.54) is 12.1 Å². The molecule has 0 radical (unpaired) electrons. The Hall–Kier alpha value is -2.44. The van der Waals surface area contributed by atoms with Crippen LogP contribution in [-0.2, 0) is 20.8 Å². The molecule has 1 atom stereocenters. The van der Waals surface area contributed by atoms with Crippen molar-refractivity contribution in [3.05, 3.63) is 35.6 Å². The van der Waals surface area contributed by atoms with Gasteiger partial charge in [0.2, 0.25) is 12.0 Å². The first kappa shape index (κ1) is 18.9. The van der Waals surface area contributed by atoms with E-state index in [0.29, 0.717) is 25.9 Å². The summed E-state index contributed by atoms with van der Waals surface area (Å²) in [5, 5.41) is 4.06. The summed E-state index contributed by atoms with van der Waals surface area (Å²) >= 11 is 0. The van der Waals surface area contributed by atoms with Gasteiger partial charge in [-0.15, -0.1) is 0 Å². The molecule has 4 rings (SSSR count). The Morgan fingerprint density at radius 3 is 2.32 bits per heavy atom. The van der Waals surface area contributed by atoms with Crippen molar-refractivity contribution >= 4 is 17.5 Å². The minimum absolute atomic E-state index is 0.0388. The van der Waals surface area contributed by atoms with E-state index in [0.717, 1.165) is 50.0 Å². The largest absolute Gasteiger partial charge is 0.382 e. The first-order valence-corrected chi connectivity index (χ1v) is 10.1. The predicted octanol–water partition coefficient (Wildman–Crippen LogP) is 2.37. The van der Waals surface area contributed by atoms with E-state index >= 15 is 0 Å². The second-order valence-electron chi connectivity index (χ2n) is 7.89. The van der Waals surface area contributed by atoms with Crippen molar-refractivity contribution in [3.63, 3.8) is 0 Å². The highest BCUT2D eigenvalue weighted by Crippen LogP contribution is 2.24. The third-order valence-electron chi connectivity index (χ3n) is 5.90. The van der Waals surface area contributed by atoms with Crippen molar-refractivity contribution in [2.45, 2.75) is 44.6 Å². The van der Waals surface area contributed by atoms with E-state index in [-0.39, 0.29) is 23.5 Å². The monoisotopic (exact) mass is 387 g/mol. The zero-order valence-corrected chi connectivity index (χ0v) is 16.0. The van der Waals surface area contributed by atoms with Crippen LogP contribution in [-0.4, -0.2) is 59.6 Å². The van der Waals surface area contributed by atoms with Gasteiger partial charge in [0.25, 0.3) is 5.91 Å². The maximum absolute atomic E-state index is 13.0. The van der Waals surface area contributed by atoms with Crippen molar-refractivity contribution in [2.24, 2.45) is 11.1 Å². The maximum atomic E-state index is 13.0. The summed E-state index contributed by atoms with van der Waals surface area (Å²) in [5.41, 5.74) is 1.74. The predicted molar refractivity (Wildman–Crippen MR) is 102 cm³/mol. The second-order valence-corrected chi connectivity index (χ2v) is 7.89. The minimum Gasteiger partial charge on any atom is -0.382 e. The molecule has 2 fully saturated rings. The SMILES string of the molecule is O=C(C1CCN(C(=O)[C@@H]2CC(Cc3ccc(F)cc3)=NO2)CC1)N1CCCC1. The molecule has 28 heavy (non-hydrogen) atoms. The molecular weight excluding hydrogens is 361 g/mol. The number of rotatable bonds is 4. The Labute approximate surface area is 164 Å². The number of nitrogens with zero attached hydrogens (tertiary/aromatic N) is 3. The Morgan fingerprint density at radius 1 is 1.00 bits per heavy atom. The van der Waals surface area contributed by atoms with Gasteiger partial charge < -0.3 is 14.6 Å². The number of hydrogen-bond acceptors (Lipinski definition) is 4. The number of oxime groups is 1. The van der Waals surface area contributed by atoms with E-state index in [4.69, 9.17) is 4.84 Å². The van der Waals surface area contributed by atoms with E-state index in [2.05, 4.69) is 5.16 Å². The van der Waals surface area contributed by atoms with Gasteiger partial charge in [-0.05, 0) is 43.4 Å². The molecule has 2 saturated heterocycles. The molecule has 7 heteroatoms. The number of hydrogen-bond donors (Lipinski definition) is 0. The molecular formula is C21H26FN3O3. The van der Waals surface area contributed by atoms with Crippen LogP contribution >= 0.6 is 0 Å². The van der Waals surface area contributed by atoms with Gasteiger partial charge in [-0.25, -0.2) is 4.39 Å². The summed E-state index contributed by atoms with van der Waals surface area (Å²) in [6, 6.07) is 6.27. The quantitative estimate of drug-likeness (QED) is 0.797. The third-order valence-corrected chi connectivity index (χ3v) is 5.90. The highest BCUT2D eigenvalue weighted by atomic mass is 19.1. The molecule has 0 bridgehead atoms. The molecule has 6 nitrogen and oxygen atoms in total. The summed E-state index contributed by atoms with van der Waals surface area (Å²) in [6.45, 7) is 2.94. The Bertz CT molecular complexity index is 751. The smallest absolute Gasteiger partial charge is 0.266 e. The molecule has 2 amide bonds. The van der Waals surface area contributed by atoms with E-state index in [1.807, 2.05) is 4.90 Å². The molecule has 0 unspecified atom stereocenters. The topological polar surface area (TPSA) is 62.2 Å². The van der Waals surface area contributed by atoms with Crippen LogP contribution in [0.15, 0.2) is 29.4 Å². The number of likely N-dealkylation sites (tertiary alicyclic amines) is 2. The van der Waals surface area contributed by atoms with Crippen LogP contribution in [0.3, 0.4) is 0 Å². The molecule has 150 valence electrons. The van der Waals surface area contributed by atoms with Gasteiger partial charge in [-0.2, -0.15) is 0 Å². The number of carbonyl (C=O) groups excluding carboxylic acids is 2. The zero-order chi connectivity index (χ0) is 19.5. The molecule has 3 heterocycles. The zero-order valence-electron chi connectivity index (χ0n) is 16.0. The minimum atomic E-state index is -0.582. The van der Waals surface area contributed by atoms with Gasteiger partial charge in [0.15, 0.2) is 0 Å². The van der Waals surface area contributed by atoms with Gasteiger partial charge in [-0.3, -0.25) is 9.59 Å². The second kappa shape index (κ2) is 8.29. The molecule has 0 spiro atoms. The number of amides is 2. The van der Waals surface area contributed by atoms with Crippen LogP contribution in [0.5, 0.6) is 0 Å². The average Bonchev–Trinajstić information content (AvgIpc) is 3.41. The van der Waals surface area contributed by atoms with Crippen LogP contribution in [0.1, 0.15) is 37.7 Å². The molecule has 0 N–H and O–H groups in total. The molecule has 3 aliphatic heterocycles. The number of piperidine rings is 1. The molecule has 3 aliphatic rings. The Balaban J connectivity index is 1.24. The summed E-state index contributed by atoms with van der Waals surface area (Å²) in [7, 11) is 0. The highest BCUT2D eigenvalue weighted by Gasteiger charge is 2.36. The first-order valence-electron chi connectivity index (χ1n) is 10.1. The molecule has 1 aromatic rings. The summed E-state index contributed by atoms with van der Waals surface area (Å²) < 4.78 is 13.0. The molecule has 0 aromatic heterocycles. The fourth-order valence-electron chi connectivity index (χ4n) is 4.25. The van der Waals surface area contributed by atoms with Crippen molar-refractivity contribution in [1.82, 2.24) is 9.80 Å². The van der Waals surface area contributed by atoms with Crippen LogP contribution in [0.25, 0.3) is 0 Å². The standard InChI is InChI=1S/C21H26FN3O3/c22-17-5-3-15(4-6-17)13-18-14-19(28-23-18)21(27)25-11-7-16(8-12-25)20(26)24-9-1-2-10-24/h3-6,16,19H,1-2,7-14H2/t19-/m0/s1. The third kappa shape index (κ3) is 4.18. The lowest BCUT2D eigenvalue weighted by Gasteiger charge is -2.33. The lowest BCUT2D eigenvalue weighted by atomic mass is 9.94. The number of benzene rings is 1. The molecule has 0 aliphatic carbocycles. The van der Waals surface area contributed by atoms with Crippen molar-refractivity contribution in [2.75, 3.05) is 26.2 Å². The summed E-state index contributed by atoms with van der Waals surface area (Å²) in [5.74, 6) is -0.0264.